The number of hydrogen-bond acceptors (Lipinski definition) is 3. The molecule has 0 aliphatic carbocycles. The zero-order chi connectivity index (χ0) is 11.1. The Morgan fingerprint density at radius 3 is 2.73 bits per heavy atom. The molecule has 3 N–H and O–H groups in total. The molecule has 0 fully saturated rings. The van der Waals surface area contributed by atoms with Gasteiger partial charge < -0.3 is 10.5 Å². The van der Waals surface area contributed by atoms with E-state index in [0.29, 0.717) is 6.54 Å². The minimum Gasteiger partial charge on any atom is -0.497 e. The lowest BCUT2D eigenvalue weighted by Crippen LogP contribution is -2.27. The van der Waals surface area contributed by atoms with Crippen molar-refractivity contribution in [3.8, 4) is 11.9 Å². The predicted octanol–water partition coefficient (Wildman–Crippen LogP) is 0.581. The number of nitrogens with zero attached hydrogens (tertiary/aromatic N) is 2. The number of nitriles is 1. The summed E-state index contributed by atoms with van der Waals surface area (Å²) < 4.78 is 5.02. The first kappa shape index (κ1) is 10.9. The molecule has 78 valence electrons. The van der Waals surface area contributed by atoms with Crippen LogP contribution in [0.3, 0.4) is 0 Å². The molecule has 5 nitrogen and oxygen atoms in total. The number of methoxy groups -OCH3 is 1. The zero-order valence-corrected chi connectivity index (χ0v) is 8.40. The van der Waals surface area contributed by atoms with Gasteiger partial charge in [0, 0.05) is 0 Å². The summed E-state index contributed by atoms with van der Waals surface area (Å²) in [5, 5.41) is 10.5. The molecular weight excluding hydrogens is 192 g/mol. The van der Waals surface area contributed by atoms with Crippen molar-refractivity contribution < 1.29 is 4.74 Å². The van der Waals surface area contributed by atoms with Crippen molar-refractivity contribution in [1.29, 1.82) is 5.26 Å². The van der Waals surface area contributed by atoms with Crippen LogP contribution in [0.15, 0.2) is 29.3 Å². The summed E-state index contributed by atoms with van der Waals surface area (Å²) in [6.07, 6.45) is 1.70. The van der Waals surface area contributed by atoms with Crippen LogP contribution in [-0.2, 0) is 6.54 Å². The van der Waals surface area contributed by atoms with Gasteiger partial charge >= 0.3 is 0 Å². The van der Waals surface area contributed by atoms with Crippen molar-refractivity contribution in [3.05, 3.63) is 29.8 Å². The molecule has 0 unspecified atom stereocenters. The van der Waals surface area contributed by atoms with Gasteiger partial charge in [-0.3, -0.25) is 5.32 Å². The van der Waals surface area contributed by atoms with Gasteiger partial charge in [0.05, 0.1) is 13.7 Å². The Balaban J connectivity index is 2.58. The van der Waals surface area contributed by atoms with Gasteiger partial charge in [-0.15, -0.1) is 0 Å². The van der Waals surface area contributed by atoms with E-state index < -0.39 is 0 Å². The van der Waals surface area contributed by atoms with Crippen molar-refractivity contribution in [2.75, 3.05) is 7.11 Å². The summed E-state index contributed by atoms with van der Waals surface area (Å²) in [4.78, 5) is 3.96. The molecule has 0 radical (unpaired) electrons. The number of rotatable bonds is 3. The van der Waals surface area contributed by atoms with E-state index >= 15 is 0 Å². The Bertz CT molecular complexity index is 377. The second-order valence-electron chi connectivity index (χ2n) is 2.79. The molecule has 1 rings (SSSR count). The maximum Gasteiger partial charge on any atom is 0.202 e. The van der Waals surface area contributed by atoms with Crippen molar-refractivity contribution in [1.82, 2.24) is 5.32 Å². The number of hydrogen-bond donors (Lipinski definition) is 2. The minimum atomic E-state index is 0.119. The predicted molar refractivity (Wildman–Crippen MR) is 57.1 cm³/mol. The first-order valence-corrected chi connectivity index (χ1v) is 4.34. The van der Waals surface area contributed by atoms with Gasteiger partial charge in [-0.05, 0) is 17.7 Å². The smallest absolute Gasteiger partial charge is 0.202 e. The topological polar surface area (TPSA) is 83.4 Å². The van der Waals surface area contributed by atoms with Crippen molar-refractivity contribution >= 4 is 5.96 Å². The Morgan fingerprint density at radius 2 is 2.20 bits per heavy atom. The average molecular weight is 204 g/mol. The average Bonchev–Trinajstić information content (AvgIpc) is 2.27. The summed E-state index contributed by atoms with van der Waals surface area (Å²) in [5.41, 5.74) is 6.38. The normalized spacial score (nSPS) is 10.5. The first-order valence-electron chi connectivity index (χ1n) is 4.34. The molecule has 0 atom stereocenters. The van der Waals surface area contributed by atoms with Gasteiger partial charge in [-0.2, -0.15) is 5.26 Å². The summed E-state index contributed by atoms with van der Waals surface area (Å²) >= 11 is 0. The lowest BCUT2D eigenvalue weighted by atomic mass is 10.2. The van der Waals surface area contributed by atoms with E-state index in [0.717, 1.165) is 11.3 Å². The summed E-state index contributed by atoms with van der Waals surface area (Å²) in [7, 11) is 1.61. The number of nitrogens with one attached hydrogen (secondary N) is 1. The maximum absolute atomic E-state index is 8.26. The molecule has 1 aromatic carbocycles. The third-order valence-corrected chi connectivity index (χ3v) is 1.78. The monoisotopic (exact) mass is 204 g/mol. The molecule has 0 aromatic heterocycles. The molecule has 0 amide bonds. The molecule has 1 aromatic rings. The highest BCUT2D eigenvalue weighted by atomic mass is 16.5. The zero-order valence-electron chi connectivity index (χ0n) is 8.40. The third-order valence-electron chi connectivity index (χ3n) is 1.78. The van der Waals surface area contributed by atoms with E-state index in [1.165, 1.54) is 0 Å². The summed E-state index contributed by atoms with van der Waals surface area (Å²) in [6, 6.07) is 7.47. The van der Waals surface area contributed by atoms with Gasteiger partial charge in [0.15, 0.2) is 6.19 Å². The van der Waals surface area contributed by atoms with Crippen LogP contribution in [0.1, 0.15) is 5.56 Å². The third kappa shape index (κ3) is 3.56. The van der Waals surface area contributed by atoms with E-state index in [9.17, 15) is 0 Å². The second kappa shape index (κ2) is 5.50. The highest BCUT2D eigenvalue weighted by Gasteiger charge is 1.93. The van der Waals surface area contributed by atoms with Gasteiger partial charge in [0.25, 0.3) is 0 Å². The maximum atomic E-state index is 8.26. The van der Waals surface area contributed by atoms with E-state index in [1.54, 1.807) is 13.3 Å². The Hall–Kier alpha value is -2.22. The van der Waals surface area contributed by atoms with Crippen LogP contribution in [0.2, 0.25) is 0 Å². The standard InChI is InChI=1S/C10H12N4O/c1-15-9-4-2-8(3-5-9)6-13-10(12)14-7-11/h2-5H,6H2,1H3,(H3,12,13,14). The molecule has 0 aliphatic heterocycles. The van der Waals surface area contributed by atoms with Crippen molar-refractivity contribution in [3.63, 3.8) is 0 Å². The van der Waals surface area contributed by atoms with Crippen LogP contribution in [0.4, 0.5) is 0 Å². The van der Waals surface area contributed by atoms with Crippen LogP contribution in [0, 0.1) is 11.5 Å². The molecule has 0 saturated heterocycles. The van der Waals surface area contributed by atoms with E-state index in [4.69, 9.17) is 15.7 Å². The summed E-state index contributed by atoms with van der Waals surface area (Å²) in [5.74, 6) is 0.916. The second-order valence-corrected chi connectivity index (χ2v) is 2.79. The Morgan fingerprint density at radius 1 is 1.53 bits per heavy atom. The number of nitrogens with two attached hydrogens (primary N) is 1. The van der Waals surface area contributed by atoms with Crippen molar-refractivity contribution in [2.45, 2.75) is 6.54 Å². The molecule has 5 heteroatoms. The molecule has 0 aliphatic rings. The number of ether oxygens (including phenoxy) is 1. The molecule has 0 spiro atoms. The molecule has 0 saturated carbocycles. The highest BCUT2D eigenvalue weighted by Crippen LogP contribution is 2.11. The molecule has 0 heterocycles. The van der Waals surface area contributed by atoms with Crippen molar-refractivity contribution in [2.24, 2.45) is 10.7 Å². The summed E-state index contributed by atoms with van der Waals surface area (Å²) in [6.45, 7) is 0.435. The molecule has 0 bridgehead atoms. The molecule has 15 heavy (non-hydrogen) atoms. The fourth-order valence-electron chi connectivity index (χ4n) is 1.00. The van der Waals surface area contributed by atoms with Gasteiger partial charge in [0.2, 0.25) is 5.96 Å². The van der Waals surface area contributed by atoms with Gasteiger partial charge in [-0.1, -0.05) is 12.1 Å². The Labute approximate surface area is 88.2 Å². The largest absolute Gasteiger partial charge is 0.497 e. The number of aliphatic imine (C=N–C) groups is 1. The lowest BCUT2D eigenvalue weighted by Gasteiger charge is -2.01. The van der Waals surface area contributed by atoms with E-state index in [-0.39, 0.29) is 5.96 Å². The van der Waals surface area contributed by atoms with E-state index in [1.807, 2.05) is 24.3 Å². The Kier molecular flexibility index (Phi) is 3.98. The highest BCUT2D eigenvalue weighted by molar-refractivity contribution is 5.79. The fraction of sp³-hybridized carbons (Fsp3) is 0.200. The number of guanidine groups is 1. The van der Waals surface area contributed by atoms with Gasteiger partial charge in [-0.25, -0.2) is 4.99 Å². The van der Waals surface area contributed by atoms with Crippen LogP contribution < -0.4 is 15.8 Å². The fourth-order valence-corrected chi connectivity index (χ4v) is 1.00. The van der Waals surface area contributed by atoms with Gasteiger partial charge in [0.1, 0.15) is 5.75 Å². The first-order chi connectivity index (χ1) is 7.26. The van der Waals surface area contributed by atoms with Crippen LogP contribution in [0.5, 0.6) is 5.75 Å². The van der Waals surface area contributed by atoms with Crippen LogP contribution >= 0.6 is 0 Å². The van der Waals surface area contributed by atoms with Crippen LogP contribution in [-0.4, -0.2) is 13.1 Å². The van der Waals surface area contributed by atoms with Crippen LogP contribution in [0.25, 0.3) is 0 Å². The lowest BCUT2D eigenvalue weighted by molar-refractivity contribution is 0.414. The van der Waals surface area contributed by atoms with E-state index in [2.05, 4.69) is 10.3 Å². The minimum absolute atomic E-state index is 0.119. The SMILES string of the molecule is COc1ccc(CN=C(N)NC#N)cc1. The quantitative estimate of drug-likeness (QED) is 0.326. The number of benzene rings is 1. The molecular formula is C10H12N4O.